The van der Waals surface area contributed by atoms with Crippen LogP contribution in [0.1, 0.15) is 35.3 Å². The second-order valence-corrected chi connectivity index (χ2v) is 5.17. The molecule has 1 unspecified atom stereocenters. The molecule has 0 spiro atoms. The molecular weight excluding hydrogens is 251 g/mol. The average Bonchev–Trinajstić information content (AvgIpc) is 2.37. The van der Waals surface area contributed by atoms with Gasteiger partial charge >= 0.3 is 0 Å². The molecule has 0 aliphatic carbocycles. The van der Waals surface area contributed by atoms with Crippen molar-refractivity contribution < 1.29 is 9.50 Å². The fourth-order valence-electron chi connectivity index (χ4n) is 2.31. The van der Waals surface area contributed by atoms with Crippen molar-refractivity contribution in [2.75, 3.05) is 0 Å². The van der Waals surface area contributed by atoms with Gasteiger partial charge < -0.3 is 5.11 Å². The quantitative estimate of drug-likeness (QED) is 0.865. The van der Waals surface area contributed by atoms with Crippen molar-refractivity contribution in [2.45, 2.75) is 26.9 Å². The van der Waals surface area contributed by atoms with Crippen molar-refractivity contribution in [3.05, 3.63) is 76.6 Å². The van der Waals surface area contributed by atoms with E-state index in [0.717, 1.165) is 27.8 Å². The van der Waals surface area contributed by atoms with E-state index in [-0.39, 0.29) is 5.82 Å². The molecule has 20 heavy (non-hydrogen) atoms. The molecule has 0 fully saturated rings. The highest BCUT2D eigenvalue weighted by Gasteiger charge is 2.08. The van der Waals surface area contributed by atoms with E-state index in [1.807, 2.05) is 51.1 Å². The summed E-state index contributed by atoms with van der Waals surface area (Å²) in [7, 11) is 0. The molecule has 0 saturated heterocycles. The SMILES string of the molecule is C/C(=C\C(O)c1ccccc1C)c1cc(C)cc(F)c1. The Morgan fingerprint density at radius 3 is 2.50 bits per heavy atom. The lowest BCUT2D eigenvalue weighted by Gasteiger charge is -2.12. The standard InChI is InChI=1S/C18H19FO/c1-12-8-15(11-16(19)9-12)14(3)10-18(20)17-7-5-4-6-13(17)2/h4-11,18,20H,1-3H3/b14-10+. The molecule has 0 aromatic heterocycles. The number of aryl methyl sites for hydroxylation is 2. The van der Waals surface area contributed by atoms with E-state index in [0.29, 0.717) is 0 Å². The van der Waals surface area contributed by atoms with E-state index in [2.05, 4.69) is 0 Å². The van der Waals surface area contributed by atoms with Crippen molar-refractivity contribution >= 4 is 5.57 Å². The van der Waals surface area contributed by atoms with Gasteiger partial charge in [-0.15, -0.1) is 0 Å². The Morgan fingerprint density at radius 2 is 1.85 bits per heavy atom. The molecular formula is C18H19FO. The van der Waals surface area contributed by atoms with Gasteiger partial charge in [0.25, 0.3) is 0 Å². The van der Waals surface area contributed by atoms with Gasteiger partial charge in [0.05, 0.1) is 6.10 Å². The molecule has 0 saturated carbocycles. The van der Waals surface area contributed by atoms with Crippen LogP contribution in [0.25, 0.3) is 5.57 Å². The maximum Gasteiger partial charge on any atom is 0.124 e. The van der Waals surface area contributed by atoms with Crippen molar-refractivity contribution in [3.63, 3.8) is 0 Å². The first-order chi connectivity index (χ1) is 9.47. The van der Waals surface area contributed by atoms with Gasteiger partial charge in [0.1, 0.15) is 5.82 Å². The Labute approximate surface area is 119 Å². The second kappa shape index (κ2) is 6.02. The van der Waals surface area contributed by atoms with Crippen LogP contribution in [-0.2, 0) is 0 Å². The molecule has 2 heteroatoms. The minimum atomic E-state index is -0.681. The topological polar surface area (TPSA) is 20.2 Å². The molecule has 0 bridgehead atoms. The summed E-state index contributed by atoms with van der Waals surface area (Å²) in [6.45, 7) is 5.71. The third kappa shape index (κ3) is 3.34. The first-order valence-electron chi connectivity index (χ1n) is 6.67. The molecule has 0 heterocycles. The number of aliphatic hydroxyl groups excluding tert-OH is 1. The first kappa shape index (κ1) is 14.5. The monoisotopic (exact) mass is 270 g/mol. The average molecular weight is 270 g/mol. The van der Waals surface area contributed by atoms with Crippen LogP contribution in [0.2, 0.25) is 0 Å². The van der Waals surface area contributed by atoms with E-state index >= 15 is 0 Å². The molecule has 0 radical (unpaired) electrons. The smallest absolute Gasteiger partial charge is 0.124 e. The van der Waals surface area contributed by atoms with E-state index in [1.165, 1.54) is 12.1 Å². The highest BCUT2D eigenvalue weighted by Crippen LogP contribution is 2.24. The zero-order chi connectivity index (χ0) is 14.7. The van der Waals surface area contributed by atoms with Gasteiger partial charge in [-0.2, -0.15) is 0 Å². The number of halogens is 1. The van der Waals surface area contributed by atoms with Gasteiger partial charge in [0, 0.05) is 0 Å². The van der Waals surface area contributed by atoms with Crippen LogP contribution in [0.3, 0.4) is 0 Å². The zero-order valence-corrected chi connectivity index (χ0v) is 12.0. The Kier molecular flexibility index (Phi) is 4.35. The highest BCUT2D eigenvalue weighted by molar-refractivity contribution is 5.65. The van der Waals surface area contributed by atoms with Gasteiger partial charge in [-0.3, -0.25) is 0 Å². The summed E-state index contributed by atoms with van der Waals surface area (Å²) in [4.78, 5) is 0. The number of aliphatic hydroxyl groups is 1. The molecule has 0 aliphatic rings. The van der Waals surface area contributed by atoms with Gasteiger partial charge in [-0.25, -0.2) is 4.39 Å². The second-order valence-electron chi connectivity index (χ2n) is 5.17. The number of hydrogen-bond donors (Lipinski definition) is 1. The summed E-state index contributed by atoms with van der Waals surface area (Å²) in [5.41, 5.74) is 4.45. The van der Waals surface area contributed by atoms with Crippen LogP contribution in [0.5, 0.6) is 0 Å². The van der Waals surface area contributed by atoms with Crippen LogP contribution >= 0.6 is 0 Å². The first-order valence-corrected chi connectivity index (χ1v) is 6.67. The molecule has 2 aromatic rings. The summed E-state index contributed by atoms with van der Waals surface area (Å²) in [6.07, 6.45) is 1.08. The third-order valence-electron chi connectivity index (χ3n) is 3.41. The van der Waals surface area contributed by atoms with E-state index in [9.17, 15) is 9.50 Å². The van der Waals surface area contributed by atoms with Crippen molar-refractivity contribution in [3.8, 4) is 0 Å². The lowest BCUT2D eigenvalue weighted by molar-refractivity contribution is 0.228. The van der Waals surface area contributed by atoms with Crippen molar-refractivity contribution in [1.29, 1.82) is 0 Å². The molecule has 104 valence electrons. The minimum absolute atomic E-state index is 0.252. The fraction of sp³-hybridized carbons (Fsp3) is 0.222. The maximum atomic E-state index is 13.4. The summed E-state index contributed by atoms with van der Waals surface area (Å²) in [5.74, 6) is -0.252. The number of allylic oxidation sites excluding steroid dienone is 1. The van der Waals surface area contributed by atoms with Gasteiger partial charge in [-0.1, -0.05) is 30.3 Å². The molecule has 0 aliphatic heterocycles. The Balaban J connectivity index is 2.32. The molecule has 2 aromatic carbocycles. The predicted octanol–water partition coefficient (Wildman–Crippen LogP) is 4.58. The highest BCUT2D eigenvalue weighted by atomic mass is 19.1. The molecule has 2 rings (SSSR count). The minimum Gasteiger partial charge on any atom is -0.384 e. The zero-order valence-electron chi connectivity index (χ0n) is 12.0. The van der Waals surface area contributed by atoms with Crippen molar-refractivity contribution in [1.82, 2.24) is 0 Å². The van der Waals surface area contributed by atoms with Crippen molar-refractivity contribution in [2.24, 2.45) is 0 Å². The van der Waals surface area contributed by atoms with Crippen LogP contribution in [-0.4, -0.2) is 5.11 Å². The summed E-state index contributed by atoms with van der Waals surface area (Å²) in [5, 5.41) is 10.3. The third-order valence-corrected chi connectivity index (χ3v) is 3.41. The Hall–Kier alpha value is -1.93. The normalized spacial score (nSPS) is 13.3. The van der Waals surface area contributed by atoms with E-state index in [1.54, 1.807) is 6.08 Å². The van der Waals surface area contributed by atoms with E-state index in [4.69, 9.17) is 0 Å². The van der Waals surface area contributed by atoms with Crippen LogP contribution in [0.4, 0.5) is 4.39 Å². The summed E-state index contributed by atoms with van der Waals surface area (Å²) in [6, 6.07) is 12.6. The summed E-state index contributed by atoms with van der Waals surface area (Å²) < 4.78 is 13.4. The van der Waals surface area contributed by atoms with Crippen LogP contribution < -0.4 is 0 Å². The lowest BCUT2D eigenvalue weighted by Crippen LogP contribution is -1.97. The van der Waals surface area contributed by atoms with Gasteiger partial charge in [0.15, 0.2) is 0 Å². The molecule has 1 atom stereocenters. The van der Waals surface area contributed by atoms with Crippen LogP contribution in [0, 0.1) is 19.7 Å². The van der Waals surface area contributed by atoms with Gasteiger partial charge in [-0.05, 0) is 66.8 Å². The summed E-state index contributed by atoms with van der Waals surface area (Å²) >= 11 is 0. The Morgan fingerprint density at radius 1 is 1.15 bits per heavy atom. The lowest BCUT2D eigenvalue weighted by atomic mass is 9.98. The van der Waals surface area contributed by atoms with Gasteiger partial charge in [0.2, 0.25) is 0 Å². The number of hydrogen-bond acceptors (Lipinski definition) is 1. The number of benzene rings is 2. The fourth-order valence-corrected chi connectivity index (χ4v) is 2.31. The number of rotatable bonds is 3. The largest absolute Gasteiger partial charge is 0.384 e. The Bertz CT molecular complexity index is 623. The molecule has 1 nitrogen and oxygen atoms in total. The van der Waals surface area contributed by atoms with Crippen LogP contribution in [0.15, 0.2) is 48.5 Å². The van der Waals surface area contributed by atoms with E-state index < -0.39 is 6.10 Å². The molecule has 0 amide bonds. The maximum absolute atomic E-state index is 13.4. The predicted molar refractivity (Wildman–Crippen MR) is 80.9 cm³/mol. The molecule has 1 N–H and O–H groups in total.